The number of aromatic nitrogens is 2. The average molecular weight is 400 g/mol. The van der Waals surface area contributed by atoms with E-state index in [1.807, 2.05) is 30.3 Å². The van der Waals surface area contributed by atoms with E-state index in [2.05, 4.69) is 22.2 Å². The molecule has 0 unspecified atom stereocenters. The fraction of sp³-hybridized carbons (Fsp3) is 0.583. The molecule has 1 aromatic heterocycles. The first-order valence-electron chi connectivity index (χ1n) is 11.2. The largest absolute Gasteiger partial charge is 0.494 e. The van der Waals surface area contributed by atoms with Crippen LogP contribution in [0.2, 0.25) is 0 Å². The van der Waals surface area contributed by atoms with Gasteiger partial charge in [-0.15, -0.1) is 0 Å². The van der Waals surface area contributed by atoms with Crippen molar-refractivity contribution in [1.82, 2.24) is 9.97 Å². The van der Waals surface area contributed by atoms with Gasteiger partial charge in [0.05, 0.1) is 18.4 Å². The lowest BCUT2D eigenvalue weighted by atomic mass is 10.1. The van der Waals surface area contributed by atoms with E-state index >= 15 is 0 Å². The highest BCUT2D eigenvalue weighted by molar-refractivity contribution is 5.61. The SMILES string of the molecule is CCCCCCCCCCCOc1cccc(-c2ccnc(NC[C@@H](C)O)n2)c1. The molecule has 5 nitrogen and oxygen atoms in total. The smallest absolute Gasteiger partial charge is 0.223 e. The lowest BCUT2D eigenvalue weighted by molar-refractivity contribution is 0.208. The Bertz CT molecular complexity index is 691. The van der Waals surface area contributed by atoms with Gasteiger partial charge in [-0.25, -0.2) is 9.97 Å². The lowest BCUT2D eigenvalue weighted by Crippen LogP contribution is -2.16. The zero-order valence-electron chi connectivity index (χ0n) is 18.1. The van der Waals surface area contributed by atoms with E-state index in [0.29, 0.717) is 12.5 Å². The summed E-state index contributed by atoms with van der Waals surface area (Å²) in [5.74, 6) is 1.39. The van der Waals surface area contributed by atoms with Gasteiger partial charge in [0.15, 0.2) is 0 Å². The Kier molecular flexibility index (Phi) is 11.1. The quantitative estimate of drug-likeness (QED) is 0.368. The molecule has 0 saturated carbocycles. The van der Waals surface area contributed by atoms with Crippen LogP contribution in [0.5, 0.6) is 5.75 Å². The number of nitrogens with one attached hydrogen (secondary N) is 1. The molecule has 1 atom stereocenters. The number of hydrogen-bond donors (Lipinski definition) is 2. The molecule has 1 aromatic carbocycles. The second kappa shape index (κ2) is 13.9. The summed E-state index contributed by atoms with van der Waals surface area (Å²) in [6.07, 6.45) is 13.1. The Hall–Kier alpha value is -2.14. The van der Waals surface area contributed by atoms with Crippen LogP contribution in [0.15, 0.2) is 36.5 Å². The van der Waals surface area contributed by atoms with Crippen molar-refractivity contribution >= 4 is 5.95 Å². The third kappa shape index (κ3) is 9.75. The van der Waals surface area contributed by atoms with Gasteiger partial charge in [-0.05, 0) is 31.5 Å². The third-order valence-electron chi connectivity index (χ3n) is 4.86. The van der Waals surface area contributed by atoms with Gasteiger partial charge < -0.3 is 15.2 Å². The Morgan fingerprint density at radius 3 is 2.45 bits per heavy atom. The number of benzene rings is 1. The van der Waals surface area contributed by atoms with Gasteiger partial charge in [-0.1, -0.05) is 70.4 Å². The molecule has 0 saturated heterocycles. The molecule has 1 heterocycles. The van der Waals surface area contributed by atoms with Crippen molar-refractivity contribution in [3.63, 3.8) is 0 Å². The number of rotatable bonds is 15. The molecule has 0 radical (unpaired) electrons. The van der Waals surface area contributed by atoms with Gasteiger partial charge in [-0.2, -0.15) is 0 Å². The fourth-order valence-corrected chi connectivity index (χ4v) is 3.19. The van der Waals surface area contributed by atoms with Crippen molar-refractivity contribution in [2.75, 3.05) is 18.5 Å². The minimum atomic E-state index is -0.444. The summed E-state index contributed by atoms with van der Waals surface area (Å²) in [5, 5.41) is 12.4. The predicted molar refractivity (Wildman–Crippen MR) is 120 cm³/mol. The summed E-state index contributed by atoms with van der Waals surface area (Å²) >= 11 is 0. The van der Waals surface area contributed by atoms with E-state index in [9.17, 15) is 5.11 Å². The van der Waals surface area contributed by atoms with E-state index < -0.39 is 6.10 Å². The number of ether oxygens (including phenoxy) is 1. The number of anilines is 1. The molecule has 0 spiro atoms. The van der Waals surface area contributed by atoms with Crippen molar-refractivity contribution in [3.8, 4) is 17.0 Å². The van der Waals surface area contributed by atoms with E-state index in [4.69, 9.17) is 4.74 Å². The van der Waals surface area contributed by atoms with Crippen molar-refractivity contribution < 1.29 is 9.84 Å². The second-order valence-electron chi connectivity index (χ2n) is 7.70. The maximum atomic E-state index is 9.40. The first-order chi connectivity index (χ1) is 14.2. The Labute approximate surface area is 175 Å². The minimum absolute atomic E-state index is 0.422. The Morgan fingerprint density at radius 1 is 1.00 bits per heavy atom. The molecule has 0 aliphatic heterocycles. The van der Waals surface area contributed by atoms with Crippen LogP contribution in [0.3, 0.4) is 0 Å². The third-order valence-corrected chi connectivity index (χ3v) is 4.86. The van der Waals surface area contributed by atoms with E-state index in [1.165, 1.54) is 51.4 Å². The summed E-state index contributed by atoms with van der Waals surface area (Å²) in [5.41, 5.74) is 1.83. The van der Waals surface area contributed by atoms with E-state index in [-0.39, 0.29) is 0 Å². The molecule has 0 aliphatic rings. The maximum absolute atomic E-state index is 9.40. The van der Waals surface area contributed by atoms with Gasteiger partial charge in [0.2, 0.25) is 5.95 Å². The van der Waals surface area contributed by atoms with Crippen LogP contribution < -0.4 is 10.1 Å². The number of aliphatic hydroxyl groups excluding tert-OH is 1. The normalized spacial score (nSPS) is 12.0. The van der Waals surface area contributed by atoms with Crippen LogP contribution in [0.4, 0.5) is 5.95 Å². The summed E-state index contributed by atoms with van der Waals surface area (Å²) in [6.45, 7) is 5.16. The summed E-state index contributed by atoms with van der Waals surface area (Å²) in [7, 11) is 0. The number of unbranched alkanes of at least 4 members (excludes halogenated alkanes) is 8. The molecule has 29 heavy (non-hydrogen) atoms. The summed E-state index contributed by atoms with van der Waals surface area (Å²) < 4.78 is 5.94. The number of nitrogens with zero attached hydrogens (tertiary/aromatic N) is 2. The van der Waals surface area contributed by atoms with Crippen molar-refractivity contribution in [3.05, 3.63) is 36.5 Å². The van der Waals surface area contributed by atoms with Gasteiger partial charge >= 0.3 is 0 Å². The topological polar surface area (TPSA) is 67.3 Å². The molecule has 0 fully saturated rings. The van der Waals surface area contributed by atoms with Crippen LogP contribution >= 0.6 is 0 Å². The van der Waals surface area contributed by atoms with Crippen LogP contribution in [0.25, 0.3) is 11.3 Å². The average Bonchev–Trinajstić information content (AvgIpc) is 2.74. The zero-order chi connectivity index (χ0) is 20.7. The van der Waals surface area contributed by atoms with Crippen molar-refractivity contribution in [1.29, 1.82) is 0 Å². The lowest BCUT2D eigenvalue weighted by Gasteiger charge is -2.10. The monoisotopic (exact) mass is 399 g/mol. The molecule has 2 rings (SSSR count). The van der Waals surface area contributed by atoms with Gasteiger partial charge in [0.25, 0.3) is 0 Å². The van der Waals surface area contributed by atoms with Crippen molar-refractivity contribution in [2.45, 2.75) is 77.7 Å². The molecule has 2 aromatic rings. The van der Waals surface area contributed by atoms with Crippen LogP contribution in [0.1, 0.15) is 71.6 Å². The number of aliphatic hydroxyl groups is 1. The second-order valence-corrected chi connectivity index (χ2v) is 7.70. The fourth-order valence-electron chi connectivity index (χ4n) is 3.19. The van der Waals surface area contributed by atoms with E-state index in [1.54, 1.807) is 13.1 Å². The highest BCUT2D eigenvalue weighted by atomic mass is 16.5. The highest BCUT2D eigenvalue weighted by Gasteiger charge is 2.05. The molecule has 0 amide bonds. The Morgan fingerprint density at radius 2 is 1.72 bits per heavy atom. The summed E-state index contributed by atoms with van der Waals surface area (Å²) in [6, 6.07) is 9.91. The van der Waals surface area contributed by atoms with Gasteiger partial charge in [-0.3, -0.25) is 0 Å². The molecular formula is C24H37N3O2. The van der Waals surface area contributed by atoms with Gasteiger partial charge in [0, 0.05) is 18.3 Å². The van der Waals surface area contributed by atoms with Crippen LogP contribution in [0, 0.1) is 0 Å². The predicted octanol–water partition coefficient (Wildman–Crippen LogP) is 5.85. The Balaban J connectivity index is 1.72. The zero-order valence-corrected chi connectivity index (χ0v) is 18.1. The highest BCUT2D eigenvalue weighted by Crippen LogP contribution is 2.23. The standard InChI is InChI=1S/C24H37N3O2/c1-3-4-5-6-7-8-9-10-11-17-29-22-14-12-13-21(18-22)23-15-16-25-24(27-23)26-19-20(2)28/h12-16,18,20,28H,3-11,17,19H2,1-2H3,(H,25,26,27)/t20-/m1/s1. The van der Waals surface area contributed by atoms with Crippen LogP contribution in [-0.2, 0) is 0 Å². The molecule has 0 aliphatic carbocycles. The molecule has 160 valence electrons. The van der Waals surface area contributed by atoms with Crippen LogP contribution in [-0.4, -0.2) is 34.3 Å². The first kappa shape index (κ1) is 23.1. The molecule has 5 heteroatoms. The van der Waals surface area contributed by atoms with E-state index in [0.717, 1.165) is 30.0 Å². The van der Waals surface area contributed by atoms with Crippen molar-refractivity contribution in [2.24, 2.45) is 0 Å². The molecule has 0 bridgehead atoms. The molecular weight excluding hydrogens is 362 g/mol. The minimum Gasteiger partial charge on any atom is -0.494 e. The first-order valence-corrected chi connectivity index (χ1v) is 11.2. The van der Waals surface area contributed by atoms with Gasteiger partial charge in [0.1, 0.15) is 5.75 Å². The number of hydrogen-bond acceptors (Lipinski definition) is 5. The maximum Gasteiger partial charge on any atom is 0.223 e. The summed E-state index contributed by atoms with van der Waals surface area (Å²) in [4.78, 5) is 8.72. The molecule has 2 N–H and O–H groups in total.